The van der Waals surface area contributed by atoms with Gasteiger partial charge in [-0.2, -0.15) is 8.78 Å². The molecule has 0 spiro atoms. The highest BCUT2D eigenvalue weighted by Gasteiger charge is 2.54. The Morgan fingerprint density at radius 1 is 0.522 bits per heavy atom. The first kappa shape index (κ1) is 15.7. The summed E-state index contributed by atoms with van der Waals surface area (Å²) in [7, 11) is 0. The van der Waals surface area contributed by atoms with E-state index in [0.29, 0.717) is 6.92 Å². The zero-order valence-electron chi connectivity index (χ0n) is 10.9. The van der Waals surface area contributed by atoms with Gasteiger partial charge in [-0.15, -0.1) is 0 Å². The van der Waals surface area contributed by atoms with Gasteiger partial charge >= 0.3 is 5.92 Å². The lowest BCUT2D eigenvalue weighted by atomic mass is 10.0. The van der Waals surface area contributed by atoms with Crippen LogP contribution in [0.2, 0.25) is 0 Å². The third-order valence-corrected chi connectivity index (χ3v) is 3.69. The van der Waals surface area contributed by atoms with E-state index in [1.165, 1.54) is 0 Å². The van der Waals surface area contributed by atoms with Crippen LogP contribution < -0.4 is 0 Å². The van der Waals surface area contributed by atoms with Gasteiger partial charge < -0.3 is 0 Å². The molecule has 0 nitrogen and oxygen atoms in total. The normalized spacial score (nSPS) is 14.9. The standard InChI is InChI=1S/C14H3F9/c1-2-7(15)3-4-6(11(19)13(21)12(20)9(4)17)14(22,23)5(3)10(18)8(2)16/h1H3. The third kappa shape index (κ3) is 1.64. The summed E-state index contributed by atoms with van der Waals surface area (Å²) >= 11 is 0. The summed E-state index contributed by atoms with van der Waals surface area (Å²) in [4.78, 5) is 0. The van der Waals surface area contributed by atoms with E-state index in [1.807, 2.05) is 0 Å². The minimum Gasteiger partial charge on any atom is -0.206 e. The summed E-state index contributed by atoms with van der Waals surface area (Å²) in [6, 6.07) is 0. The molecule has 9 heteroatoms. The van der Waals surface area contributed by atoms with E-state index in [1.54, 1.807) is 0 Å². The van der Waals surface area contributed by atoms with Gasteiger partial charge in [0.15, 0.2) is 34.9 Å². The van der Waals surface area contributed by atoms with Crippen LogP contribution in [0.3, 0.4) is 0 Å². The summed E-state index contributed by atoms with van der Waals surface area (Å²) in [5, 5.41) is 0. The molecule has 0 saturated carbocycles. The van der Waals surface area contributed by atoms with Crippen LogP contribution in [0.4, 0.5) is 39.5 Å². The van der Waals surface area contributed by atoms with Crippen molar-refractivity contribution in [2.75, 3.05) is 0 Å². The van der Waals surface area contributed by atoms with Crippen molar-refractivity contribution in [3.05, 3.63) is 57.4 Å². The van der Waals surface area contributed by atoms with Crippen molar-refractivity contribution in [1.29, 1.82) is 0 Å². The van der Waals surface area contributed by atoms with Crippen LogP contribution in [0.5, 0.6) is 0 Å². The molecular weight excluding hydrogens is 339 g/mol. The smallest absolute Gasteiger partial charge is 0.206 e. The third-order valence-electron chi connectivity index (χ3n) is 3.69. The number of fused-ring (bicyclic) bond motifs is 3. The number of hydrogen-bond donors (Lipinski definition) is 0. The average Bonchev–Trinajstić information content (AvgIpc) is 2.74. The molecule has 3 rings (SSSR count). The fraction of sp³-hybridized carbons (Fsp3) is 0.143. The maximum absolute atomic E-state index is 14.2. The average molecular weight is 342 g/mol. The number of halogens is 9. The summed E-state index contributed by atoms with van der Waals surface area (Å²) in [6.45, 7) is 0.665. The van der Waals surface area contributed by atoms with Crippen molar-refractivity contribution in [2.45, 2.75) is 12.8 Å². The van der Waals surface area contributed by atoms with E-state index in [9.17, 15) is 39.5 Å². The Bertz CT molecular complexity index is 812. The molecule has 122 valence electrons. The van der Waals surface area contributed by atoms with Gasteiger partial charge in [0.05, 0.1) is 11.1 Å². The zero-order valence-corrected chi connectivity index (χ0v) is 10.9. The second-order valence-electron chi connectivity index (χ2n) is 4.90. The fourth-order valence-electron chi connectivity index (χ4n) is 2.59. The molecule has 0 heterocycles. The van der Waals surface area contributed by atoms with Crippen LogP contribution >= 0.6 is 0 Å². The Balaban J connectivity index is 2.63. The van der Waals surface area contributed by atoms with E-state index in [-0.39, 0.29) is 0 Å². The molecule has 0 unspecified atom stereocenters. The number of hydrogen-bond acceptors (Lipinski definition) is 0. The Labute approximate surface area is 122 Å². The molecule has 0 saturated heterocycles. The lowest BCUT2D eigenvalue weighted by Crippen LogP contribution is -2.18. The zero-order chi connectivity index (χ0) is 17.4. The molecule has 0 bridgehead atoms. The molecule has 0 fully saturated rings. The highest BCUT2D eigenvalue weighted by molar-refractivity contribution is 5.81. The second-order valence-corrected chi connectivity index (χ2v) is 4.90. The van der Waals surface area contributed by atoms with Crippen molar-refractivity contribution >= 4 is 0 Å². The molecule has 1 aliphatic rings. The molecule has 0 N–H and O–H groups in total. The van der Waals surface area contributed by atoms with Crippen molar-refractivity contribution in [3.63, 3.8) is 0 Å². The van der Waals surface area contributed by atoms with Crippen LogP contribution in [-0.2, 0) is 5.92 Å². The number of rotatable bonds is 0. The van der Waals surface area contributed by atoms with Crippen LogP contribution in [-0.4, -0.2) is 0 Å². The SMILES string of the molecule is Cc1c(F)c(F)c2c(c1F)-c1c(F)c(F)c(F)c(F)c1C2(F)F. The molecular formula is C14H3F9. The highest BCUT2D eigenvalue weighted by Crippen LogP contribution is 2.56. The first-order chi connectivity index (χ1) is 10.5. The first-order valence-electron chi connectivity index (χ1n) is 5.95. The minimum absolute atomic E-state index is 0.665. The van der Waals surface area contributed by atoms with Crippen molar-refractivity contribution in [1.82, 2.24) is 0 Å². The quantitative estimate of drug-likeness (QED) is 0.355. The van der Waals surface area contributed by atoms with E-state index in [2.05, 4.69) is 0 Å². The molecule has 0 amide bonds. The van der Waals surface area contributed by atoms with Crippen LogP contribution in [0.25, 0.3) is 11.1 Å². The summed E-state index contributed by atoms with van der Waals surface area (Å²) < 4.78 is 124. The lowest BCUT2D eigenvalue weighted by molar-refractivity contribution is 0.0383. The molecule has 1 aliphatic carbocycles. The predicted molar refractivity (Wildman–Crippen MR) is 59.3 cm³/mol. The van der Waals surface area contributed by atoms with Crippen molar-refractivity contribution in [3.8, 4) is 11.1 Å². The van der Waals surface area contributed by atoms with Gasteiger partial charge in [0.2, 0.25) is 0 Å². The number of benzene rings is 2. The van der Waals surface area contributed by atoms with Crippen LogP contribution in [0.1, 0.15) is 16.7 Å². The van der Waals surface area contributed by atoms with Gasteiger partial charge in [-0.05, 0) is 6.92 Å². The maximum Gasteiger partial charge on any atom is 0.305 e. The van der Waals surface area contributed by atoms with Crippen LogP contribution in [0.15, 0.2) is 0 Å². The number of alkyl halides is 2. The lowest BCUT2D eigenvalue weighted by Gasteiger charge is -2.15. The minimum atomic E-state index is -4.79. The maximum atomic E-state index is 14.2. The first-order valence-corrected chi connectivity index (χ1v) is 5.95. The summed E-state index contributed by atoms with van der Waals surface area (Å²) in [5.74, 6) is -20.7. The Morgan fingerprint density at radius 3 is 1.43 bits per heavy atom. The van der Waals surface area contributed by atoms with Gasteiger partial charge in [0.25, 0.3) is 0 Å². The highest BCUT2D eigenvalue weighted by atomic mass is 19.3. The Hall–Kier alpha value is -2.19. The predicted octanol–water partition coefficient (Wildman–Crippen LogP) is 5.09. The molecule has 0 aliphatic heterocycles. The Morgan fingerprint density at radius 2 is 0.913 bits per heavy atom. The van der Waals surface area contributed by atoms with E-state index >= 15 is 0 Å². The summed E-state index contributed by atoms with van der Waals surface area (Å²) in [6.07, 6.45) is 0. The molecule has 0 aromatic heterocycles. The topological polar surface area (TPSA) is 0 Å². The van der Waals surface area contributed by atoms with Crippen LogP contribution in [0, 0.1) is 47.6 Å². The van der Waals surface area contributed by atoms with Gasteiger partial charge in [0.1, 0.15) is 5.82 Å². The van der Waals surface area contributed by atoms with Gasteiger partial charge in [0, 0.05) is 16.7 Å². The Kier molecular flexibility index (Phi) is 3.02. The van der Waals surface area contributed by atoms with Gasteiger partial charge in [-0.1, -0.05) is 0 Å². The molecule has 23 heavy (non-hydrogen) atoms. The molecule has 0 atom stereocenters. The van der Waals surface area contributed by atoms with Crippen molar-refractivity contribution in [2.24, 2.45) is 0 Å². The fourth-order valence-corrected chi connectivity index (χ4v) is 2.59. The van der Waals surface area contributed by atoms with E-state index in [4.69, 9.17) is 0 Å². The summed E-state index contributed by atoms with van der Waals surface area (Å²) in [5.41, 5.74) is -8.37. The van der Waals surface area contributed by atoms with Gasteiger partial charge in [-0.25, -0.2) is 30.7 Å². The van der Waals surface area contributed by atoms with E-state index < -0.39 is 74.5 Å². The molecule has 0 radical (unpaired) electrons. The molecule has 2 aromatic carbocycles. The monoisotopic (exact) mass is 342 g/mol. The van der Waals surface area contributed by atoms with Crippen molar-refractivity contribution < 1.29 is 39.5 Å². The molecule has 2 aromatic rings. The largest absolute Gasteiger partial charge is 0.305 e. The second kappa shape index (κ2) is 4.42. The van der Waals surface area contributed by atoms with E-state index in [0.717, 1.165) is 0 Å². The van der Waals surface area contributed by atoms with Gasteiger partial charge in [-0.3, -0.25) is 0 Å².